The summed E-state index contributed by atoms with van der Waals surface area (Å²) in [6, 6.07) is 19.2. The van der Waals surface area contributed by atoms with Crippen LogP contribution in [0.2, 0.25) is 0 Å². The second-order valence-electron chi connectivity index (χ2n) is 9.82. The second-order valence-corrected chi connectivity index (χ2v) is 11.7. The van der Waals surface area contributed by atoms with Crippen LogP contribution in [-0.4, -0.2) is 50.5 Å². The first kappa shape index (κ1) is 31.7. The van der Waals surface area contributed by atoms with Crippen molar-refractivity contribution in [1.29, 1.82) is 0 Å². The maximum atomic E-state index is 14.0. The quantitative estimate of drug-likeness (QED) is 0.324. The van der Waals surface area contributed by atoms with E-state index < -0.39 is 46.2 Å². The highest BCUT2D eigenvalue weighted by Gasteiger charge is 2.35. The van der Waals surface area contributed by atoms with Crippen molar-refractivity contribution in [3.8, 4) is 0 Å². The Morgan fingerprint density at radius 3 is 2.17 bits per heavy atom. The fourth-order valence-electron chi connectivity index (χ4n) is 4.26. The predicted molar refractivity (Wildman–Crippen MR) is 153 cm³/mol. The number of alkyl halides is 3. The van der Waals surface area contributed by atoms with E-state index in [1.54, 1.807) is 12.1 Å². The molecule has 0 aliphatic heterocycles. The van der Waals surface area contributed by atoms with Gasteiger partial charge in [-0.25, -0.2) is 8.42 Å². The van der Waals surface area contributed by atoms with Gasteiger partial charge in [0, 0.05) is 19.5 Å². The molecule has 0 radical (unpaired) electrons. The number of anilines is 1. The van der Waals surface area contributed by atoms with Crippen LogP contribution >= 0.6 is 0 Å². The SMILES string of the molecule is CCCNC(=O)[C@@H](Cc1ccccc1)N(Cc1ccc(C)cc1)C(=O)CN(c1cccc(C(F)(F)F)c1)S(C)(=O)=O. The Bertz CT molecular complexity index is 1430. The number of aryl methyl sites for hydroxylation is 1. The zero-order valence-electron chi connectivity index (χ0n) is 23.2. The van der Waals surface area contributed by atoms with Crippen molar-refractivity contribution in [3.05, 3.63) is 101 Å². The number of carbonyl (C=O) groups is 2. The number of hydrogen-bond acceptors (Lipinski definition) is 4. The summed E-state index contributed by atoms with van der Waals surface area (Å²) in [5.41, 5.74) is 1.12. The third-order valence-corrected chi connectivity index (χ3v) is 7.58. The molecule has 0 aliphatic rings. The molecule has 0 bridgehead atoms. The van der Waals surface area contributed by atoms with Gasteiger partial charge in [0.1, 0.15) is 12.6 Å². The van der Waals surface area contributed by atoms with Crippen LogP contribution in [0.5, 0.6) is 0 Å². The van der Waals surface area contributed by atoms with Crippen LogP contribution in [0, 0.1) is 6.92 Å². The molecule has 3 aromatic rings. The van der Waals surface area contributed by atoms with Gasteiger partial charge in [-0.15, -0.1) is 0 Å². The summed E-state index contributed by atoms with van der Waals surface area (Å²) < 4.78 is 66.4. The number of halogens is 3. The predicted octanol–water partition coefficient (Wildman–Crippen LogP) is 4.95. The Hall–Kier alpha value is -3.86. The number of rotatable bonds is 12. The Morgan fingerprint density at radius 2 is 1.59 bits per heavy atom. The molecule has 0 heterocycles. The summed E-state index contributed by atoms with van der Waals surface area (Å²) in [4.78, 5) is 28.7. The molecule has 0 unspecified atom stereocenters. The van der Waals surface area contributed by atoms with Gasteiger partial charge in [-0.3, -0.25) is 13.9 Å². The summed E-state index contributed by atoms with van der Waals surface area (Å²) >= 11 is 0. The van der Waals surface area contributed by atoms with Crippen molar-refractivity contribution >= 4 is 27.5 Å². The highest BCUT2D eigenvalue weighted by Crippen LogP contribution is 2.32. The van der Waals surface area contributed by atoms with Gasteiger partial charge in [-0.05, 0) is 42.7 Å². The number of nitrogens with zero attached hydrogens (tertiary/aromatic N) is 2. The van der Waals surface area contributed by atoms with E-state index in [2.05, 4.69) is 5.32 Å². The zero-order chi connectivity index (χ0) is 30.2. The molecular formula is C30H34F3N3O4S. The van der Waals surface area contributed by atoms with Gasteiger partial charge in [0.2, 0.25) is 21.8 Å². The normalized spacial score (nSPS) is 12.4. The lowest BCUT2D eigenvalue weighted by Crippen LogP contribution is -2.53. The number of sulfonamides is 1. The molecule has 220 valence electrons. The van der Waals surface area contributed by atoms with Gasteiger partial charge in [-0.1, -0.05) is 73.2 Å². The van der Waals surface area contributed by atoms with E-state index >= 15 is 0 Å². The first-order chi connectivity index (χ1) is 19.3. The van der Waals surface area contributed by atoms with Crippen molar-refractivity contribution in [2.24, 2.45) is 0 Å². The third-order valence-electron chi connectivity index (χ3n) is 6.43. The maximum absolute atomic E-state index is 14.0. The van der Waals surface area contributed by atoms with Crippen molar-refractivity contribution in [3.63, 3.8) is 0 Å². The topological polar surface area (TPSA) is 86.8 Å². The first-order valence-electron chi connectivity index (χ1n) is 13.1. The molecule has 3 aromatic carbocycles. The Morgan fingerprint density at radius 1 is 0.927 bits per heavy atom. The van der Waals surface area contributed by atoms with Crippen LogP contribution in [0.25, 0.3) is 0 Å². The lowest BCUT2D eigenvalue weighted by atomic mass is 10.0. The van der Waals surface area contributed by atoms with Gasteiger partial charge < -0.3 is 10.2 Å². The maximum Gasteiger partial charge on any atom is 0.416 e. The van der Waals surface area contributed by atoms with Crippen LogP contribution in [0.3, 0.4) is 0 Å². The summed E-state index contributed by atoms with van der Waals surface area (Å²) in [6.07, 6.45) is -3.08. The number of carbonyl (C=O) groups excluding carboxylic acids is 2. The molecule has 0 saturated carbocycles. The number of hydrogen-bond donors (Lipinski definition) is 1. The number of nitrogens with one attached hydrogen (secondary N) is 1. The van der Waals surface area contributed by atoms with Crippen molar-refractivity contribution in [2.75, 3.05) is 23.7 Å². The molecule has 3 rings (SSSR count). The van der Waals surface area contributed by atoms with Crippen molar-refractivity contribution in [2.45, 2.75) is 45.5 Å². The van der Waals surface area contributed by atoms with Gasteiger partial charge >= 0.3 is 6.18 Å². The Kier molecular flexibility index (Phi) is 10.6. The Labute approximate surface area is 239 Å². The average molecular weight is 590 g/mol. The highest BCUT2D eigenvalue weighted by molar-refractivity contribution is 7.92. The average Bonchev–Trinajstić information content (AvgIpc) is 2.92. The van der Waals surface area contributed by atoms with Crippen LogP contribution < -0.4 is 9.62 Å². The Balaban J connectivity index is 2.06. The molecule has 0 saturated heterocycles. The van der Waals surface area contributed by atoms with E-state index in [-0.39, 0.29) is 18.7 Å². The highest BCUT2D eigenvalue weighted by atomic mass is 32.2. The summed E-state index contributed by atoms with van der Waals surface area (Å²) in [5.74, 6) is -1.15. The van der Waals surface area contributed by atoms with Gasteiger partial charge in [-0.2, -0.15) is 13.2 Å². The minimum atomic E-state index is -4.71. The smallest absolute Gasteiger partial charge is 0.354 e. The zero-order valence-corrected chi connectivity index (χ0v) is 24.0. The fourth-order valence-corrected chi connectivity index (χ4v) is 5.10. The fraction of sp³-hybridized carbons (Fsp3) is 0.333. The van der Waals surface area contributed by atoms with Crippen LogP contribution in [0.4, 0.5) is 18.9 Å². The van der Waals surface area contributed by atoms with Crippen LogP contribution in [0.15, 0.2) is 78.9 Å². The lowest BCUT2D eigenvalue weighted by Gasteiger charge is -2.33. The van der Waals surface area contributed by atoms with E-state index in [1.165, 1.54) is 11.0 Å². The van der Waals surface area contributed by atoms with Gasteiger partial charge in [0.25, 0.3) is 0 Å². The van der Waals surface area contributed by atoms with E-state index in [1.807, 2.05) is 56.3 Å². The molecule has 0 spiro atoms. The van der Waals surface area contributed by atoms with Crippen molar-refractivity contribution < 1.29 is 31.2 Å². The van der Waals surface area contributed by atoms with E-state index in [4.69, 9.17) is 0 Å². The molecule has 7 nitrogen and oxygen atoms in total. The van der Waals surface area contributed by atoms with Crippen molar-refractivity contribution in [1.82, 2.24) is 10.2 Å². The minimum Gasteiger partial charge on any atom is -0.354 e. The summed E-state index contributed by atoms with van der Waals surface area (Å²) in [7, 11) is -4.19. The molecule has 0 aromatic heterocycles. The lowest BCUT2D eigenvalue weighted by molar-refractivity contribution is -0.140. The molecule has 1 N–H and O–H groups in total. The molecule has 1 atom stereocenters. The van der Waals surface area contributed by atoms with Crippen LogP contribution in [0.1, 0.15) is 35.6 Å². The molecule has 0 fully saturated rings. The monoisotopic (exact) mass is 589 g/mol. The largest absolute Gasteiger partial charge is 0.416 e. The summed E-state index contributed by atoms with van der Waals surface area (Å²) in [6.45, 7) is 3.36. The minimum absolute atomic E-state index is 0.0175. The molecule has 2 amide bonds. The molecular weight excluding hydrogens is 555 g/mol. The third kappa shape index (κ3) is 9.07. The number of benzene rings is 3. The van der Waals surface area contributed by atoms with E-state index in [0.29, 0.717) is 28.9 Å². The van der Waals surface area contributed by atoms with Gasteiger partial charge in [0.05, 0.1) is 17.5 Å². The second kappa shape index (κ2) is 13.7. The molecule has 11 heteroatoms. The van der Waals surface area contributed by atoms with E-state index in [0.717, 1.165) is 29.5 Å². The molecule has 41 heavy (non-hydrogen) atoms. The molecule has 0 aliphatic carbocycles. The van der Waals surface area contributed by atoms with Crippen LogP contribution in [-0.2, 0) is 38.8 Å². The number of amides is 2. The van der Waals surface area contributed by atoms with Gasteiger partial charge in [0.15, 0.2) is 0 Å². The standard InChI is InChI=1S/C30H34F3N3O4S/c1-4-17-34-29(38)27(18-23-9-6-5-7-10-23)35(20-24-15-13-22(2)14-16-24)28(37)21-36(41(3,39)40)26-12-8-11-25(19-26)30(31,32)33/h5-16,19,27H,4,17-18,20-21H2,1-3H3,(H,34,38)/t27-/m1/s1. The first-order valence-corrected chi connectivity index (χ1v) is 15.0. The van der Waals surface area contributed by atoms with E-state index in [9.17, 15) is 31.2 Å². The summed E-state index contributed by atoms with van der Waals surface area (Å²) in [5, 5.41) is 2.83.